The number of nitrogens with zero attached hydrogens (tertiary/aromatic N) is 2. The molecule has 1 aromatic carbocycles. The Kier molecular flexibility index (Phi) is 1.80. The van der Waals surface area contributed by atoms with Crippen molar-refractivity contribution in [3.05, 3.63) is 35.9 Å². The Hall–Kier alpha value is -1.35. The van der Waals surface area contributed by atoms with Crippen molar-refractivity contribution in [2.45, 2.75) is 0 Å². The average molecular weight is 161 g/mol. The molecule has 0 saturated heterocycles. The van der Waals surface area contributed by atoms with Crippen molar-refractivity contribution in [3.8, 4) is 0 Å². The van der Waals surface area contributed by atoms with Crippen molar-refractivity contribution in [2.24, 2.45) is 10.8 Å². The SMILES string of the molecule is NN1CCN=C1c1ccccc1. The Labute approximate surface area is 71.5 Å². The van der Waals surface area contributed by atoms with Gasteiger partial charge in [0.25, 0.3) is 0 Å². The van der Waals surface area contributed by atoms with E-state index in [-0.39, 0.29) is 0 Å². The second-order valence-corrected chi connectivity index (χ2v) is 2.76. The Balaban J connectivity index is 2.31. The molecule has 0 aliphatic carbocycles. The first-order chi connectivity index (χ1) is 5.88. The summed E-state index contributed by atoms with van der Waals surface area (Å²) >= 11 is 0. The van der Waals surface area contributed by atoms with Crippen LogP contribution in [0.2, 0.25) is 0 Å². The van der Waals surface area contributed by atoms with Crippen LogP contribution in [0.1, 0.15) is 5.56 Å². The average Bonchev–Trinajstić information content (AvgIpc) is 2.53. The molecule has 62 valence electrons. The van der Waals surface area contributed by atoms with Gasteiger partial charge in [-0.15, -0.1) is 0 Å². The molecule has 0 aromatic heterocycles. The molecule has 0 fully saturated rings. The summed E-state index contributed by atoms with van der Waals surface area (Å²) in [5.74, 6) is 6.61. The van der Waals surface area contributed by atoms with Crippen molar-refractivity contribution >= 4 is 5.84 Å². The van der Waals surface area contributed by atoms with Crippen LogP contribution in [-0.4, -0.2) is 23.9 Å². The Morgan fingerprint density at radius 2 is 2.00 bits per heavy atom. The third-order valence-corrected chi connectivity index (χ3v) is 1.91. The second-order valence-electron chi connectivity index (χ2n) is 2.76. The molecule has 0 spiro atoms. The van der Waals surface area contributed by atoms with Gasteiger partial charge in [0.15, 0.2) is 0 Å². The zero-order valence-electron chi connectivity index (χ0n) is 6.77. The zero-order valence-corrected chi connectivity index (χ0v) is 6.77. The summed E-state index contributed by atoms with van der Waals surface area (Å²) in [6.07, 6.45) is 0. The van der Waals surface area contributed by atoms with E-state index in [0.29, 0.717) is 0 Å². The van der Waals surface area contributed by atoms with Gasteiger partial charge < -0.3 is 0 Å². The van der Waals surface area contributed by atoms with Crippen LogP contribution in [0.15, 0.2) is 35.3 Å². The van der Waals surface area contributed by atoms with Gasteiger partial charge >= 0.3 is 0 Å². The zero-order chi connectivity index (χ0) is 8.39. The van der Waals surface area contributed by atoms with Gasteiger partial charge in [0.1, 0.15) is 5.84 Å². The lowest BCUT2D eigenvalue weighted by molar-refractivity contribution is 0.484. The minimum Gasteiger partial charge on any atom is -0.293 e. The van der Waals surface area contributed by atoms with Crippen LogP contribution in [0.3, 0.4) is 0 Å². The van der Waals surface area contributed by atoms with Crippen molar-refractivity contribution < 1.29 is 0 Å². The lowest BCUT2D eigenvalue weighted by Gasteiger charge is -2.12. The number of hydrogen-bond acceptors (Lipinski definition) is 3. The summed E-state index contributed by atoms with van der Waals surface area (Å²) in [6, 6.07) is 10.0. The van der Waals surface area contributed by atoms with E-state index in [1.54, 1.807) is 5.01 Å². The van der Waals surface area contributed by atoms with E-state index in [4.69, 9.17) is 5.84 Å². The van der Waals surface area contributed by atoms with Crippen molar-refractivity contribution in [3.63, 3.8) is 0 Å². The first-order valence-electron chi connectivity index (χ1n) is 4.00. The highest BCUT2D eigenvalue weighted by Gasteiger charge is 2.13. The molecule has 0 unspecified atom stereocenters. The van der Waals surface area contributed by atoms with Crippen LogP contribution in [0.4, 0.5) is 0 Å². The van der Waals surface area contributed by atoms with E-state index < -0.39 is 0 Å². The van der Waals surface area contributed by atoms with Crippen LogP contribution in [0.5, 0.6) is 0 Å². The molecule has 1 aliphatic heterocycles. The van der Waals surface area contributed by atoms with E-state index in [2.05, 4.69) is 4.99 Å². The molecule has 2 rings (SSSR count). The summed E-state index contributed by atoms with van der Waals surface area (Å²) in [6.45, 7) is 1.63. The number of nitrogens with two attached hydrogens (primary N) is 1. The molecule has 1 aromatic rings. The van der Waals surface area contributed by atoms with E-state index in [1.165, 1.54) is 0 Å². The van der Waals surface area contributed by atoms with E-state index in [9.17, 15) is 0 Å². The Morgan fingerprint density at radius 3 is 2.58 bits per heavy atom. The lowest BCUT2D eigenvalue weighted by atomic mass is 10.2. The molecular formula is C9H11N3. The minimum absolute atomic E-state index is 0.806. The molecule has 2 N–H and O–H groups in total. The molecule has 0 bridgehead atoms. The predicted molar refractivity (Wildman–Crippen MR) is 48.7 cm³/mol. The highest BCUT2D eigenvalue weighted by atomic mass is 15.5. The van der Waals surface area contributed by atoms with Crippen LogP contribution >= 0.6 is 0 Å². The topological polar surface area (TPSA) is 41.6 Å². The third-order valence-electron chi connectivity index (χ3n) is 1.91. The van der Waals surface area contributed by atoms with Crippen molar-refractivity contribution in [2.75, 3.05) is 13.1 Å². The van der Waals surface area contributed by atoms with E-state index in [0.717, 1.165) is 24.5 Å². The van der Waals surface area contributed by atoms with Crippen LogP contribution in [0.25, 0.3) is 0 Å². The molecule has 0 saturated carbocycles. The van der Waals surface area contributed by atoms with Gasteiger partial charge in [-0.25, -0.2) is 5.84 Å². The quantitative estimate of drug-likeness (QED) is 0.613. The normalized spacial score (nSPS) is 16.4. The molecule has 0 amide bonds. The Bertz CT molecular complexity index is 292. The summed E-state index contributed by atoms with van der Waals surface area (Å²) < 4.78 is 0. The van der Waals surface area contributed by atoms with Crippen molar-refractivity contribution in [1.29, 1.82) is 0 Å². The number of hydrazine groups is 1. The highest BCUT2D eigenvalue weighted by Crippen LogP contribution is 2.06. The van der Waals surface area contributed by atoms with Gasteiger partial charge in [0, 0.05) is 5.56 Å². The van der Waals surface area contributed by atoms with E-state index >= 15 is 0 Å². The minimum atomic E-state index is 0.806. The number of aliphatic imine (C=N–C) groups is 1. The monoisotopic (exact) mass is 161 g/mol. The van der Waals surface area contributed by atoms with Crippen molar-refractivity contribution in [1.82, 2.24) is 5.01 Å². The molecule has 1 aliphatic rings. The van der Waals surface area contributed by atoms with E-state index in [1.807, 2.05) is 30.3 Å². The molecule has 0 atom stereocenters. The maximum atomic E-state index is 5.71. The largest absolute Gasteiger partial charge is 0.293 e. The smallest absolute Gasteiger partial charge is 0.145 e. The molecule has 3 heteroatoms. The van der Waals surface area contributed by atoms with Crippen LogP contribution in [-0.2, 0) is 0 Å². The second kappa shape index (κ2) is 2.95. The molecule has 3 nitrogen and oxygen atoms in total. The first-order valence-corrected chi connectivity index (χ1v) is 4.00. The third kappa shape index (κ3) is 1.19. The van der Waals surface area contributed by atoms with Gasteiger partial charge in [-0.2, -0.15) is 0 Å². The number of rotatable bonds is 1. The maximum Gasteiger partial charge on any atom is 0.145 e. The highest BCUT2D eigenvalue weighted by molar-refractivity contribution is 5.99. The summed E-state index contributed by atoms with van der Waals surface area (Å²) in [5, 5.41) is 1.69. The van der Waals surface area contributed by atoms with Gasteiger partial charge in [-0.1, -0.05) is 30.3 Å². The standard InChI is InChI=1S/C9H11N3/c10-12-7-6-11-9(12)8-4-2-1-3-5-8/h1-5H,6-7,10H2. The first kappa shape index (κ1) is 7.31. The summed E-state index contributed by atoms with van der Waals surface area (Å²) in [4.78, 5) is 4.30. The van der Waals surface area contributed by atoms with Gasteiger partial charge in [0.2, 0.25) is 0 Å². The fraction of sp³-hybridized carbons (Fsp3) is 0.222. The Morgan fingerprint density at radius 1 is 1.25 bits per heavy atom. The van der Waals surface area contributed by atoms with Gasteiger partial charge in [-0.3, -0.25) is 10.0 Å². The molecule has 0 radical (unpaired) electrons. The number of hydrogen-bond donors (Lipinski definition) is 1. The molecule has 12 heavy (non-hydrogen) atoms. The number of amidine groups is 1. The fourth-order valence-electron chi connectivity index (χ4n) is 1.30. The van der Waals surface area contributed by atoms with Gasteiger partial charge in [-0.05, 0) is 0 Å². The van der Waals surface area contributed by atoms with Crippen LogP contribution < -0.4 is 5.84 Å². The lowest BCUT2D eigenvalue weighted by Crippen LogP contribution is -2.34. The number of benzene rings is 1. The summed E-state index contributed by atoms with van der Waals surface area (Å²) in [7, 11) is 0. The molecule has 1 heterocycles. The molecular weight excluding hydrogens is 150 g/mol. The van der Waals surface area contributed by atoms with Gasteiger partial charge in [0.05, 0.1) is 13.1 Å². The van der Waals surface area contributed by atoms with Crippen LogP contribution in [0, 0.1) is 0 Å². The maximum absolute atomic E-state index is 5.71. The fourth-order valence-corrected chi connectivity index (χ4v) is 1.30. The summed E-state index contributed by atoms with van der Waals surface area (Å²) in [5.41, 5.74) is 1.09. The predicted octanol–water partition coefficient (Wildman–Crippen LogP) is 0.622.